The Morgan fingerprint density at radius 1 is 1.41 bits per heavy atom. The average molecular weight is 304 g/mol. The molecule has 2 rings (SSSR count). The minimum absolute atomic E-state index is 0.0462. The van der Waals surface area contributed by atoms with Gasteiger partial charge >= 0.3 is 0 Å². The molecule has 0 spiro atoms. The number of halogens is 2. The van der Waals surface area contributed by atoms with Crippen LogP contribution in [0.5, 0.6) is 0 Å². The Balaban J connectivity index is 2.26. The number of anilines is 2. The largest absolute Gasteiger partial charge is 0.395 e. The lowest BCUT2D eigenvalue weighted by molar-refractivity contribution is 0.0142. The van der Waals surface area contributed by atoms with Crippen LogP contribution in [0.4, 0.5) is 15.8 Å². The Morgan fingerprint density at radius 2 is 2.18 bits per heavy atom. The number of rotatable bonds is 2. The molecular formula is C11H15BrFN3O. The van der Waals surface area contributed by atoms with Crippen molar-refractivity contribution >= 4 is 27.3 Å². The summed E-state index contributed by atoms with van der Waals surface area (Å²) in [5.74, 6) is 5.46. The van der Waals surface area contributed by atoms with Gasteiger partial charge in [0, 0.05) is 11.1 Å². The van der Waals surface area contributed by atoms with Crippen LogP contribution >= 0.6 is 15.9 Å². The molecule has 1 aliphatic rings. The summed E-state index contributed by atoms with van der Waals surface area (Å²) in [7, 11) is 0. The predicted molar refractivity (Wildman–Crippen MR) is 68.8 cm³/mol. The van der Waals surface area contributed by atoms with Gasteiger partial charge in [-0.3, -0.25) is 5.01 Å². The van der Waals surface area contributed by atoms with Crippen molar-refractivity contribution in [1.82, 2.24) is 0 Å². The van der Waals surface area contributed by atoms with E-state index >= 15 is 0 Å². The standard InChI is InChI=1S/C11H15BrFN3O/c12-7-5-8(13)11(14)9(6-7)16(15)10-3-1-2-4-17-10/h5-6,10H,1-4,14-15H2. The van der Waals surface area contributed by atoms with E-state index in [1.165, 1.54) is 11.1 Å². The van der Waals surface area contributed by atoms with Crippen LogP contribution in [0.15, 0.2) is 16.6 Å². The molecular weight excluding hydrogens is 289 g/mol. The molecule has 0 aromatic heterocycles. The van der Waals surface area contributed by atoms with Crippen molar-refractivity contribution in [1.29, 1.82) is 0 Å². The van der Waals surface area contributed by atoms with Crippen molar-refractivity contribution in [3.8, 4) is 0 Å². The number of nitrogens with two attached hydrogens (primary N) is 2. The van der Waals surface area contributed by atoms with E-state index in [1.807, 2.05) is 0 Å². The fourth-order valence-corrected chi connectivity index (χ4v) is 2.30. The summed E-state index contributed by atoms with van der Waals surface area (Å²) < 4.78 is 19.6. The number of benzene rings is 1. The fourth-order valence-electron chi connectivity index (χ4n) is 1.88. The molecule has 1 saturated heterocycles. The van der Waals surface area contributed by atoms with Crippen molar-refractivity contribution in [2.75, 3.05) is 17.3 Å². The molecule has 0 saturated carbocycles. The molecule has 17 heavy (non-hydrogen) atoms. The van der Waals surface area contributed by atoms with Gasteiger partial charge in [-0.05, 0) is 31.4 Å². The maximum Gasteiger partial charge on any atom is 0.149 e. The maximum atomic E-state index is 13.5. The SMILES string of the molecule is Nc1c(F)cc(Br)cc1N(N)C1CCCCO1. The highest BCUT2D eigenvalue weighted by Crippen LogP contribution is 2.31. The summed E-state index contributed by atoms with van der Waals surface area (Å²) in [6, 6.07) is 3.00. The number of hydrogen-bond acceptors (Lipinski definition) is 4. The van der Waals surface area contributed by atoms with Crippen LogP contribution in [0.1, 0.15) is 19.3 Å². The lowest BCUT2D eigenvalue weighted by Crippen LogP contribution is -2.45. The third-order valence-electron chi connectivity index (χ3n) is 2.82. The number of hydrazine groups is 1. The van der Waals surface area contributed by atoms with E-state index in [4.69, 9.17) is 16.3 Å². The minimum Gasteiger partial charge on any atom is -0.395 e. The molecule has 6 heteroatoms. The maximum absolute atomic E-state index is 13.5. The molecule has 4 nitrogen and oxygen atoms in total. The summed E-state index contributed by atoms with van der Waals surface area (Å²) in [5, 5.41) is 1.41. The molecule has 1 fully saturated rings. The molecule has 0 radical (unpaired) electrons. The van der Waals surface area contributed by atoms with Crippen LogP contribution < -0.4 is 16.6 Å². The second-order valence-electron chi connectivity index (χ2n) is 4.05. The summed E-state index contributed by atoms with van der Waals surface area (Å²) in [5.41, 5.74) is 6.18. The lowest BCUT2D eigenvalue weighted by Gasteiger charge is -2.32. The quantitative estimate of drug-likeness (QED) is 0.500. The van der Waals surface area contributed by atoms with Gasteiger partial charge in [-0.25, -0.2) is 10.2 Å². The van der Waals surface area contributed by atoms with Crippen molar-refractivity contribution in [2.45, 2.75) is 25.5 Å². The summed E-state index contributed by atoms with van der Waals surface area (Å²) in [6.07, 6.45) is 2.67. The van der Waals surface area contributed by atoms with Gasteiger partial charge in [0.15, 0.2) is 0 Å². The number of hydrogen-bond donors (Lipinski definition) is 2. The first-order valence-electron chi connectivity index (χ1n) is 5.49. The molecule has 1 unspecified atom stereocenters. The van der Waals surface area contributed by atoms with Gasteiger partial charge in [-0.15, -0.1) is 0 Å². The zero-order valence-corrected chi connectivity index (χ0v) is 10.9. The zero-order valence-electron chi connectivity index (χ0n) is 9.33. The van der Waals surface area contributed by atoms with Crippen molar-refractivity contribution in [2.24, 2.45) is 5.84 Å². The van der Waals surface area contributed by atoms with Crippen LogP contribution in [-0.2, 0) is 4.74 Å². The summed E-state index contributed by atoms with van der Waals surface area (Å²) in [4.78, 5) is 0. The topological polar surface area (TPSA) is 64.5 Å². The van der Waals surface area contributed by atoms with E-state index in [1.54, 1.807) is 6.07 Å². The van der Waals surface area contributed by atoms with Crippen LogP contribution in [0, 0.1) is 5.82 Å². The predicted octanol–water partition coefficient (Wildman–Crippen LogP) is 2.38. The van der Waals surface area contributed by atoms with E-state index in [0.29, 0.717) is 16.8 Å². The molecule has 94 valence electrons. The number of ether oxygens (including phenoxy) is 1. The van der Waals surface area contributed by atoms with Crippen molar-refractivity contribution in [3.05, 3.63) is 22.4 Å². The zero-order chi connectivity index (χ0) is 12.4. The molecule has 1 aromatic carbocycles. The molecule has 1 aromatic rings. The van der Waals surface area contributed by atoms with E-state index in [9.17, 15) is 4.39 Å². The second kappa shape index (κ2) is 5.20. The lowest BCUT2D eigenvalue weighted by atomic mass is 10.1. The van der Waals surface area contributed by atoms with Gasteiger partial charge in [0.1, 0.15) is 12.0 Å². The number of nitrogen functional groups attached to an aromatic ring is 1. The van der Waals surface area contributed by atoms with Gasteiger partial charge < -0.3 is 10.5 Å². The first-order chi connectivity index (χ1) is 8.09. The second-order valence-corrected chi connectivity index (χ2v) is 4.96. The molecule has 1 heterocycles. The Kier molecular flexibility index (Phi) is 3.86. The average Bonchev–Trinajstić information content (AvgIpc) is 2.34. The van der Waals surface area contributed by atoms with Crippen LogP contribution in [0.2, 0.25) is 0 Å². The normalized spacial score (nSPS) is 20.3. The molecule has 0 amide bonds. The smallest absolute Gasteiger partial charge is 0.149 e. The van der Waals surface area contributed by atoms with Crippen molar-refractivity contribution < 1.29 is 9.13 Å². The monoisotopic (exact) mass is 303 g/mol. The van der Waals surface area contributed by atoms with E-state index < -0.39 is 5.82 Å². The highest BCUT2D eigenvalue weighted by atomic mass is 79.9. The minimum atomic E-state index is -0.486. The molecule has 0 aliphatic carbocycles. The molecule has 1 aliphatic heterocycles. The first kappa shape index (κ1) is 12.6. The van der Waals surface area contributed by atoms with Crippen LogP contribution in [0.25, 0.3) is 0 Å². The van der Waals surface area contributed by atoms with Gasteiger partial charge in [0.05, 0.1) is 11.4 Å². The molecule has 4 N–H and O–H groups in total. The van der Waals surface area contributed by atoms with Gasteiger partial charge in [-0.2, -0.15) is 0 Å². The molecule has 1 atom stereocenters. The van der Waals surface area contributed by atoms with Crippen molar-refractivity contribution in [3.63, 3.8) is 0 Å². The van der Waals surface area contributed by atoms with E-state index in [0.717, 1.165) is 19.3 Å². The highest BCUT2D eigenvalue weighted by Gasteiger charge is 2.22. The first-order valence-corrected chi connectivity index (χ1v) is 6.29. The molecule has 0 bridgehead atoms. The Morgan fingerprint density at radius 3 is 2.82 bits per heavy atom. The third-order valence-corrected chi connectivity index (χ3v) is 3.27. The number of nitrogens with zero attached hydrogens (tertiary/aromatic N) is 1. The Bertz CT molecular complexity index is 410. The highest BCUT2D eigenvalue weighted by molar-refractivity contribution is 9.10. The Labute approximate surface area is 108 Å². The third kappa shape index (κ3) is 2.70. The van der Waals surface area contributed by atoms with Gasteiger partial charge in [0.2, 0.25) is 0 Å². The Hall–Kier alpha value is -0.850. The van der Waals surface area contributed by atoms with Gasteiger partial charge in [-0.1, -0.05) is 15.9 Å². The van der Waals surface area contributed by atoms with E-state index in [2.05, 4.69) is 15.9 Å². The van der Waals surface area contributed by atoms with Crippen LogP contribution in [-0.4, -0.2) is 12.8 Å². The summed E-state index contributed by atoms with van der Waals surface area (Å²) in [6.45, 7) is 0.675. The summed E-state index contributed by atoms with van der Waals surface area (Å²) >= 11 is 3.22. The van der Waals surface area contributed by atoms with E-state index in [-0.39, 0.29) is 11.9 Å². The van der Waals surface area contributed by atoms with Gasteiger partial charge in [0.25, 0.3) is 0 Å². The van der Waals surface area contributed by atoms with Crippen LogP contribution in [0.3, 0.4) is 0 Å². The fraction of sp³-hybridized carbons (Fsp3) is 0.455.